The Hall–Kier alpha value is -1.46. The molecule has 0 aliphatic carbocycles. The van der Waals surface area contributed by atoms with E-state index < -0.39 is 5.82 Å². The summed E-state index contributed by atoms with van der Waals surface area (Å²) in [6, 6.07) is 5.05. The third-order valence-corrected chi connectivity index (χ3v) is 3.68. The molecular formula is C15H21FN2O2. The lowest BCUT2D eigenvalue weighted by Crippen LogP contribution is -2.42. The lowest BCUT2D eigenvalue weighted by atomic mass is 10.1. The van der Waals surface area contributed by atoms with Crippen LogP contribution in [-0.2, 0) is 0 Å². The molecule has 0 spiro atoms. The minimum Gasteiger partial charge on any atom is -0.395 e. The maximum Gasteiger partial charge on any atom is 0.256 e. The summed E-state index contributed by atoms with van der Waals surface area (Å²) in [6.07, 6.45) is 2.09. The summed E-state index contributed by atoms with van der Waals surface area (Å²) in [6.45, 7) is 3.20. The normalized spacial score (nSPS) is 18.2. The molecule has 4 nitrogen and oxygen atoms in total. The van der Waals surface area contributed by atoms with Gasteiger partial charge in [0.2, 0.25) is 0 Å². The minimum absolute atomic E-state index is 0.0800. The molecule has 0 saturated carbocycles. The van der Waals surface area contributed by atoms with E-state index >= 15 is 0 Å². The van der Waals surface area contributed by atoms with Crippen molar-refractivity contribution in [1.29, 1.82) is 0 Å². The number of rotatable bonds is 5. The van der Waals surface area contributed by atoms with Crippen LogP contribution in [0.1, 0.15) is 28.8 Å². The quantitative estimate of drug-likeness (QED) is 0.855. The van der Waals surface area contributed by atoms with Crippen LogP contribution in [-0.4, -0.2) is 48.2 Å². The summed E-state index contributed by atoms with van der Waals surface area (Å²) in [7, 11) is 0. The van der Waals surface area contributed by atoms with Crippen LogP contribution < -0.4 is 5.32 Å². The van der Waals surface area contributed by atoms with Crippen LogP contribution in [0.2, 0.25) is 0 Å². The van der Waals surface area contributed by atoms with Gasteiger partial charge in [0.15, 0.2) is 0 Å². The van der Waals surface area contributed by atoms with Gasteiger partial charge in [-0.05, 0) is 37.9 Å². The van der Waals surface area contributed by atoms with Gasteiger partial charge in [-0.1, -0.05) is 12.1 Å². The van der Waals surface area contributed by atoms with Crippen molar-refractivity contribution >= 4 is 5.91 Å². The number of benzene rings is 1. The van der Waals surface area contributed by atoms with Crippen molar-refractivity contribution in [2.24, 2.45) is 0 Å². The fourth-order valence-corrected chi connectivity index (χ4v) is 2.56. The fourth-order valence-electron chi connectivity index (χ4n) is 2.56. The van der Waals surface area contributed by atoms with Crippen LogP contribution in [0.25, 0.3) is 0 Å². The molecule has 1 aromatic rings. The molecule has 20 heavy (non-hydrogen) atoms. The fraction of sp³-hybridized carbons (Fsp3) is 0.533. The van der Waals surface area contributed by atoms with Crippen LogP contribution in [0.5, 0.6) is 0 Å². The molecule has 1 atom stereocenters. The van der Waals surface area contributed by atoms with E-state index in [9.17, 15) is 9.18 Å². The zero-order valence-corrected chi connectivity index (χ0v) is 11.7. The largest absolute Gasteiger partial charge is 0.395 e. The molecule has 0 radical (unpaired) electrons. The van der Waals surface area contributed by atoms with E-state index in [1.165, 1.54) is 11.0 Å². The van der Waals surface area contributed by atoms with Crippen LogP contribution >= 0.6 is 0 Å². The number of aliphatic hydroxyl groups excluding tert-OH is 1. The second-order valence-electron chi connectivity index (χ2n) is 5.20. The van der Waals surface area contributed by atoms with Crippen LogP contribution in [0.15, 0.2) is 18.2 Å². The molecule has 1 unspecified atom stereocenters. The van der Waals surface area contributed by atoms with Crippen LogP contribution in [0, 0.1) is 12.7 Å². The van der Waals surface area contributed by atoms with Crippen molar-refractivity contribution in [2.75, 3.05) is 26.2 Å². The Balaban J connectivity index is 2.14. The number of hydrogen-bond donors (Lipinski definition) is 2. The topological polar surface area (TPSA) is 52.6 Å². The van der Waals surface area contributed by atoms with E-state index in [0.717, 1.165) is 19.4 Å². The van der Waals surface area contributed by atoms with Gasteiger partial charge in [-0.15, -0.1) is 0 Å². The third-order valence-electron chi connectivity index (χ3n) is 3.68. The van der Waals surface area contributed by atoms with E-state index in [1.54, 1.807) is 19.1 Å². The standard InChI is InChI=1S/C15H21FN2O2/c1-11-4-2-6-13(14(11)16)15(20)18(8-9-19)10-12-5-3-7-17-12/h2,4,6,12,17,19H,3,5,7-10H2,1H3. The number of aryl methyl sites for hydroxylation is 1. The highest BCUT2D eigenvalue weighted by Gasteiger charge is 2.24. The molecule has 1 aliphatic rings. The van der Waals surface area contributed by atoms with Gasteiger partial charge in [0.1, 0.15) is 5.82 Å². The van der Waals surface area contributed by atoms with Crippen molar-refractivity contribution in [3.8, 4) is 0 Å². The lowest BCUT2D eigenvalue weighted by molar-refractivity contribution is 0.0701. The van der Waals surface area contributed by atoms with Gasteiger partial charge >= 0.3 is 0 Å². The Kier molecular flexibility index (Phi) is 5.09. The zero-order valence-electron chi connectivity index (χ0n) is 11.7. The average Bonchev–Trinajstić information content (AvgIpc) is 2.94. The molecule has 1 saturated heterocycles. The predicted octanol–water partition coefficient (Wildman–Crippen LogP) is 1.32. The Morgan fingerprint density at radius 1 is 1.55 bits per heavy atom. The molecule has 1 aliphatic heterocycles. The summed E-state index contributed by atoms with van der Waals surface area (Å²) in [5.41, 5.74) is 0.537. The Morgan fingerprint density at radius 3 is 3.00 bits per heavy atom. The molecule has 1 amide bonds. The van der Waals surface area contributed by atoms with Gasteiger partial charge < -0.3 is 15.3 Å². The van der Waals surface area contributed by atoms with E-state index in [2.05, 4.69) is 5.32 Å². The zero-order chi connectivity index (χ0) is 14.5. The first-order valence-electron chi connectivity index (χ1n) is 7.02. The van der Waals surface area contributed by atoms with Crippen molar-refractivity contribution in [1.82, 2.24) is 10.2 Å². The summed E-state index contributed by atoms with van der Waals surface area (Å²) < 4.78 is 14.0. The van der Waals surface area contributed by atoms with Gasteiger partial charge in [0.05, 0.1) is 12.2 Å². The SMILES string of the molecule is Cc1cccc(C(=O)N(CCO)CC2CCCN2)c1F. The first kappa shape index (κ1) is 14.9. The molecule has 110 valence electrons. The van der Waals surface area contributed by atoms with E-state index in [-0.39, 0.29) is 30.7 Å². The first-order valence-corrected chi connectivity index (χ1v) is 7.02. The van der Waals surface area contributed by atoms with Gasteiger partial charge in [0.25, 0.3) is 5.91 Å². The molecule has 0 bridgehead atoms. The average molecular weight is 280 g/mol. The number of halogens is 1. The second kappa shape index (κ2) is 6.81. The maximum atomic E-state index is 14.0. The molecule has 1 heterocycles. The molecule has 2 rings (SSSR count). The Labute approximate surface area is 118 Å². The Morgan fingerprint density at radius 2 is 2.35 bits per heavy atom. The number of carbonyl (C=O) groups excluding carboxylic acids is 1. The summed E-state index contributed by atoms with van der Waals surface area (Å²) in [4.78, 5) is 14.0. The highest BCUT2D eigenvalue weighted by atomic mass is 19.1. The second-order valence-corrected chi connectivity index (χ2v) is 5.20. The van der Waals surface area contributed by atoms with E-state index in [1.807, 2.05) is 0 Å². The van der Waals surface area contributed by atoms with Crippen LogP contribution in [0.3, 0.4) is 0 Å². The van der Waals surface area contributed by atoms with Crippen LogP contribution in [0.4, 0.5) is 4.39 Å². The molecule has 5 heteroatoms. The molecule has 1 fully saturated rings. The molecular weight excluding hydrogens is 259 g/mol. The van der Waals surface area contributed by atoms with E-state index in [0.29, 0.717) is 12.1 Å². The van der Waals surface area contributed by atoms with Crippen molar-refractivity contribution in [3.05, 3.63) is 35.1 Å². The Bertz CT molecular complexity index is 473. The van der Waals surface area contributed by atoms with Crippen molar-refractivity contribution in [3.63, 3.8) is 0 Å². The molecule has 1 aromatic carbocycles. The summed E-state index contributed by atoms with van der Waals surface area (Å²) in [5.74, 6) is -0.825. The van der Waals surface area contributed by atoms with Crippen molar-refractivity contribution in [2.45, 2.75) is 25.8 Å². The highest BCUT2D eigenvalue weighted by molar-refractivity contribution is 5.94. The van der Waals surface area contributed by atoms with Gasteiger partial charge in [-0.3, -0.25) is 4.79 Å². The number of amides is 1. The monoisotopic (exact) mass is 280 g/mol. The number of aliphatic hydroxyl groups is 1. The summed E-state index contributed by atoms with van der Waals surface area (Å²) in [5, 5.41) is 12.4. The third kappa shape index (κ3) is 3.35. The van der Waals surface area contributed by atoms with Gasteiger partial charge in [-0.2, -0.15) is 0 Å². The summed E-state index contributed by atoms with van der Waals surface area (Å²) >= 11 is 0. The number of nitrogens with zero attached hydrogens (tertiary/aromatic N) is 1. The van der Waals surface area contributed by atoms with Gasteiger partial charge in [-0.25, -0.2) is 4.39 Å². The number of carbonyl (C=O) groups is 1. The highest BCUT2D eigenvalue weighted by Crippen LogP contribution is 2.15. The molecule has 2 N–H and O–H groups in total. The first-order chi connectivity index (χ1) is 9.63. The minimum atomic E-state index is -0.472. The van der Waals surface area contributed by atoms with E-state index in [4.69, 9.17) is 5.11 Å². The predicted molar refractivity (Wildman–Crippen MR) is 75.2 cm³/mol. The number of hydrogen-bond acceptors (Lipinski definition) is 3. The molecule has 0 aromatic heterocycles. The lowest BCUT2D eigenvalue weighted by Gasteiger charge is -2.25. The number of nitrogens with one attached hydrogen (secondary N) is 1. The maximum absolute atomic E-state index is 14.0. The smallest absolute Gasteiger partial charge is 0.256 e. The van der Waals surface area contributed by atoms with Gasteiger partial charge in [0, 0.05) is 19.1 Å². The van der Waals surface area contributed by atoms with Crippen molar-refractivity contribution < 1.29 is 14.3 Å².